The normalized spacial score (nSPS) is 19.4. The van der Waals surface area contributed by atoms with E-state index in [-0.39, 0.29) is 0 Å². The minimum Gasteiger partial charge on any atom is -0.309 e. The van der Waals surface area contributed by atoms with Crippen LogP contribution in [0.4, 0.5) is 0 Å². The van der Waals surface area contributed by atoms with Gasteiger partial charge in [-0.05, 0) is 59.8 Å². The molecule has 17 heavy (non-hydrogen) atoms. The van der Waals surface area contributed by atoms with Crippen LogP contribution in [0.25, 0.3) is 0 Å². The van der Waals surface area contributed by atoms with E-state index in [9.17, 15) is 0 Å². The number of halogens is 1. The highest BCUT2D eigenvalue weighted by atomic mass is 79.9. The fraction of sp³-hybridized carbons (Fsp3) is 0.714. The van der Waals surface area contributed by atoms with Gasteiger partial charge in [0.25, 0.3) is 0 Å². The highest BCUT2D eigenvalue weighted by Gasteiger charge is 2.25. The van der Waals surface area contributed by atoms with E-state index in [0.29, 0.717) is 6.04 Å². The van der Waals surface area contributed by atoms with Gasteiger partial charge in [-0.15, -0.1) is 11.3 Å². The first-order chi connectivity index (χ1) is 8.31. The van der Waals surface area contributed by atoms with Crippen LogP contribution in [0, 0.1) is 5.92 Å². The van der Waals surface area contributed by atoms with Gasteiger partial charge in [0.1, 0.15) is 0 Å². The Balaban J connectivity index is 2.06. The van der Waals surface area contributed by atoms with Crippen LogP contribution < -0.4 is 5.32 Å². The van der Waals surface area contributed by atoms with Gasteiger partial charge < -0.3 is 5.32 Å². The summed E-state index contributed by atoms with van der Waals surface area (Å²) in [6, 6.07) is 5.06. The Kier molecular flexibility index (Phi) is 5.51. The van der Waals surface area contributed by atoms with Crippen molar-refractivity contribution in [2.24, 2.45) is 5.92 Å². The van der Waals surface area contributed by atoms with Crippen LogP contribution in [-0.4, -0.2) is 6.54 Å². The first kappa shape index (κ1) is 13.6. The Hall–Kier alpha value is 0.140. The molecule has 2 rings (SSSR count). The molecule has 0 aliphatic heterocycles. The zero-order valence-electron chi connectivity index (χ0n) is 10.5. The first-order valence-corrected chi connectivity index (χ1v) is 8.41. The lowest BCUT2D eigenvalue weighted by Gasteiger charge is -2.30. The summed E-state index contributed by atoms with van der Waals surface area (Å²) < 4.78 is 1.26. The summed E-state index contributed by atoms with van der Waals surface area (Å²) in [5.74, 6) is 0.848. The molecule has 1 aliphatic carbocycles. The molecule has 1 atom stereocenters. The van der Waals surface area contributed by atoms with E-state index < -0.39 is 0 Å². The molecule has 96 valence electrons. The standard InChI is InChI=1S/C14H22BrNS/c1-2-10-16-14(11-6-4-3-5-7-11)12-8-9-13(15)17-12/h8-9,11,14,16H,2-7,10H2,1H3. The number of hydrogen-bond donors (Lipinski definition) is 1. The number of hydrogen-bond acceptors (Lipinski definition) is 2. The van der Waals surface area contributed by atoms with Crippen LogP contribution in [0.2, 0.25) is 0 Å². The first-order valence-electron chi connectivity index (χ1n) is 6.80. The summed E-state index contributed by atoms with van der Waals surface area (Å²) in [6.07, 6.45) is 8.29. The number of nitrogens with one attached hydrogen (secondary N) is 1. The molecule has 3 heteroatoms. The minimum atomic E-state index is 0.589. The van der Waals surface area contributed by atoms with Crippen LogP contribution >= 0.6 is 27.3 Å². The van der Waals surface area contributed by atoms with E-state index in [0.717, 1.165) is 12.5 Å². The zero-order valence-corrected chi connectivity index (χ0v) is 12.9. The third-order valence-corrected chi connectivity index (χ3v) is 5.34. The molecular weight excluding hydrogens is 294 g/mol. The molecule has 1 aromatic heterocycles. The molecule has 1 unspecified atom stereocenters. The Morgan fingerprint density at radius 1 is 1.35 bits per heavy atom. The molecule has 1 saturated carbocycles. The third-order valence-electron chi connectivity index (χ3n) is 3.64. The lowest BCUT2D eigenvalue weighted by Crippen LogP contribution is -2.29. The van der Waals surface area contributed by atoms with Crippen LogP contribution in [0.3, 0.4) is 0 Å². The third kappa shape index (κ3) is 3.80. The molecule has 0 spiro atoms. The van der Waals surface area contributed by atoms with Crippen molar-refractivity contribution in [3.8, 4) is 0 Å². The number of thiophene rings is 1. The average molecular weight is 316 g/mol. The lowest BCUT2D eigenvalue weighted by atomic mass is 9.83. The fourth-order valence-corrected chi connectivity index (χ4v) is 4.36. The Morgan fingerprint density at radius 2 is 2.12 bits per heavy atom. The van der Waals surface area contributed by atoms with E-state index >= 15 is 0 Å². The van der Waals surface area contributed by atoms with E-state index in [1.54, 1.807) is 0 Å². The van der Waals surface area contributed by atoms with Gasteiger partial charge in [0.05, 0.1) is 3.79 Å². The molecule has 0 radical (unpaired) electrons. The van der Waals surface area contributed by atoms with Gasteiger partial charge in [-0.3, -0.25) is 0 Å². The van der Waals surface area contributed by atoms with Gasteiger partial charge in [-0.25, -0.2) is 0 Å². The zero-order chi connectivity index (χ0) is 12.1. The highest BCUT2D eigenvalue weighted by Crippen LogP contribution is 2.38. The number of rotatable bonds is 5. The molecule has 1 aliphatic rings. The van der Waals surface area contributed by atoms with Crippen molar-refractivity contribution in [2.45, 2.75) is 51.5 Å². The summed E-state index contributed by atoms with van der Waals surface area (Å²) >= 11 is 5.48. The largest absolute Gasteiger partial charge is 0.309 e. The average Bonchev–Trinajstić information content (AvgIpc) is 2.78. The lowest BCUT2D eigenvalue weighted by molar-refractivity contribution is 0.275. The van der Waals surface area contributed by atoms with Gasteiger partial charge in [-0.2, -0.15) is 0 Å². The fourth-order valence-electron chi connectivity index (χ4n) is 2.76. The van der Waals surface area contributed by atoms with E-state index in [1.165, 1.54) is 47.2 Å². The van der Waals surface area contributed by atoms with Crippen molar-refractivity contribution in [3.05, 3.63) is 20.8 Å². The van der Waals surface area contributed by atoms with E-state index in [4.69, 9.17) is 0 Å². The maximum atomic E-state index is 3.76. The molecule has 0 amide bonds. The van der Waals surface area contributed by atoms with Gasteiger partial charge in [0, 0.05) is 10.9 Å². The second-order valence-electron chi connectivity index (χ2n) is 4.97. The smallest absolute Gasteiger partial charge is 0.0701 e. The van der Waals surface area contributed by atoms with Crippen molar-refractivity contribution in [3.63, 3.8) is 0 Å². The monoisotopic (exact) mass is 315 g/mol. The van der Waals surface area contributed by atoms with Gasteiger partial charge in [-0.1, -0.05) is 26.2 Å². The molecule has 1 nitrogen and oxygen atoms in total. The van der Waals surface area contributed by atoms with Crippen molar-refractivity contribution in [2.75, 3.05) is 6.54 Å². The van der Waals surface area contributed by atoms with Crippen LogP contribution in [-0.2, 0) is 0 Å². The summed E-state index contributed by atoms with van der Waals surface area (Å²) in [5.41, 5.74) is 0. The quantitative estimate of drug-likeness (QED) is 0.794. The molecule has 1 aromatic rings. The van der Waals surface area contributed by atoms with E-state index in [2.05, 4.69) is 40.3 Å². The van der Waals surface area contributed by atoms with E-state index in [1.807, 2.05) is 11.3 Å². The molecule has 0 saturated heterocycles. The summed E-state index contributed by atoms with van der Waals surface area (Å²) in [6.45, 7) is 3.38. The van der Waals surface area contributed by atoms with Crippen LogP contribution in [0.5, 0.6) is 0 Å². The van der Waals surface area contributed by atoms with Gasteiger partial charge in [0.15, 0.2) is 0 Å². The van der Waals surface area contributed by atoms with Crippen molar-refractivity contribution < 1.29 is 0 Å². The predicted molar refractivity (Wildman–Crippen MR) is 79.6 cm³/mol. The molecule has 0 bridgehead atoms. The van der Waals surface area contributed by atoms with Gasteiger partial charge >= 0.3 is 0 Å². The van der Waals surface area contributed by atoms with Crippen molar-refractivity contribution in [1.29, 1.82) is 0 Å². The van der Waals surface area contributed by atoms with Crippen molar-refractivity contribution in [1.82, 2.24) is 5.32 Å². The Morgan fingerprint density at radius 3 is 2.71 bits per heavy atom. The summed E-state index contributed by atoms with van der Waals surface area (Å²) in [5, 5.41) is 3.76. The molecule has 1 N–H and O–H groups in total. The minimum absolute atomic E-state index is 0.589. The predicted octanol–water partition coefficient (Wildman–Crippen LogP) is 5.13. The summed E-state index contributed by atoms with van der Waals surface area (Å²) in [4.78, 5) is 1.51. The molecule has 1 heterocycles. The van der Waals surface area contributed by atoms with Crippen LogP contribution in [0.15, 0.2) is 15.9 Å². The van der Waals surface area contributed by atoms with Crippen molar-refractivity contribution >= 4 is 27.3 Å². The maximum absolute atomic E-state index is 3.76. The highest BCUT2D eigenvalue weighted by molar-refractivity contribution is 9.11. The second kappa shape index (κ2) is 6.91. The Bertz CT molecular complexity index is 331. The Labute approximate surface area is 117 Å². The summed E-state index contributed by atoms with van der Waals surface area (Å²) in [7, 11) is 0. The SMILES string of the molecule is CCCNC(c1ccc(Br)s1)C1CCCCC1. The molecular formula is C14H22BrNS. The second-order valence-corrected chi connectivity index (χ2v) is 7.47. The van der Waals surface area contributed by atoms with Crippen LogP contribution in [0.1, 0.15) is 56.4 Å². The van der Waals surface area contributed by atoms with Gasteiger partial charge in [0.2, 0.25) is 0 Å². The molecule has 1 fully saturated rings. The molecule has 0 aromatic carbocycles. The topological polar surface area (TPSA) is 12.0 Å². The maximum Gasteiger partial charge on any atom is 0.0701 e.